The fraction of sp³-hybridized carbons (Fsp3) is 0.850. The average molecular weight is 351 g/mol. The van der Waals surface area contributed by atoms with E-state index in [1.54, 1.807) is 6.92 Å². The number of carbonyl (C=O) groups excluding carboxylic acids is 2. The van der Waals surface area contributed by atoms with Crippen LogP contribution in [0.2, 0.25) is 0 Å². The molecular weight excluding hydrogens is 318 g/mol. The largest absolute Gasteiger partial charge is 0.465 e. The summed E-state index contributed by atoms with van der Waals surface area (Å²) in [6.45, 7) is 10.7. The Bertz CT molecular complexity index is 467. The minimum absolute atomic E-state index is 0.0260. The summed E-state index contributed by atoms with van der Waals surface area (Å²) in [7, 11) is 0. The Morgan fingerprint density at radius 1 is 1.04 bits per heavy atom. The van der Waals surface area contributed by atoms with Crippen LogP contribution in [0.5, 0.6) is 0 Å². The van der Waals surface area contributed by atoms with Crippen molar-refractivity contribution in [1.82, 2.24) is 0 Å². The van der Waals surface area contributed by atoms with Crippen LogP contribution in [0, 0.1) is 46.8 Å². The Kier molecular flexibility index (Phi) is 8.96. The molecule has 0 saturated heterocycles. The molecule has 1 aliphatic carbocycles. The predicted octanol–water partition coefficient (Wildman–Crippen LogP) is 3.97. The van der Waals surface area contributed by atoms with Crippen molar-refractivity contribution in [3.05, 3.63) is 0 Å². The highest BCUT2D eigenvalue weighted by atomic mass is 16.5. The van der Waals surface area contributed by atoms with E-state index in [1.807, 2.05) is 6.07 Å². The SMILES string of the molecule is CCOC(=O)C(C#N)C(C(=O)OCC(C(C)C)C(C)C)C1CCCC1. The summed E-state index contributed by atoms with van der Waals surface area (Å²) in [5.74, 6) is -1.74. The quantitative estimate of drug-likeness (QED) is 0.588. The molecule has 0 heterocycles. The van der Waals surface area contributed by atoms with Crippen molar-refractivity contribution >= 4 is 11.9 Å². The first-order chi connectivity index (χ1) is 11.8. The van der Waals surface area contributed by atoms with Crippen molar-refractivity contribution in [1.29, 1.82) is 5.26 Å². The van der Waals surface area contributed by atoms with Crippen molar-refractivity contribution in [2.45, 2.75) is 60.3 Å². The molecule has 0 spiro atoms. The summed E-state index contributed by atoms with van der Waals surface area (Å²) < 4.78 is 10.6. The zero-order valence-corrected chi connectivity index (χ0v) is 16.3. The van der Waals surface area contributed by atoms with E-state index < -0.39 is 23.8 Å². The van der Waals surface area contributed by atoms with E-state index in [-0.39, 0.29) is 18.4 Å². The Morgan fingerprint density at radius 3 is 2.04 bits per heavy atom. The number of hydrogen-bond acceptors (Lipinski definition) is 5. The molecule has 1 aliphatic rings. The standard InChI is InChI=1S/C20H33NO4/c1-6-24-19(22)16(11-21)18(15-9-7-8-10-15)20(23)25-12-17(13(2)3)14(4)5/h13-18H,6-10,12H2,1-5H3. The van der Waals surface area contributed by atoms with Gasteiger partial charge in [0.05, 0.1) is 25.2 Å². The summed E-state index contributed by atoms with van der Waals surface area (Å²) in [5.41, 5.74) is 0. The van der Waals surface area contributed by atoms with E-state index in [4.69, 9.17) is 9.47 Å². The normalized spacial score (nSPS) is 17.6. The highest BCUT2D eigenvalue weighted by Gasteiger charge is 2.43. The van der Waals surface area contributed by atoms with Gasteiger partial charge in [0.2, 0.25) is 0 Å². The highest BCUT2D eigenvalue weighted by molar-refractivity contribution is 5.84. The number of ether oxygens (including phenoxy) is 2. The van der Waals surface area contributed by atoms with E-state index in [0.29, 0.717) is 18.4 Å². The zero-order valence-electron chi connectivity index (χ0n) is 16.3. The molecule has 0 N–H and O–H groups in total. The van der Waals surface area contributed by atoms with Gasteiger partial charge in [-0.05, 0) is 43.4 Å². The third kappa shape index (κ3) is 6.02. The molecule has 0 aromatic heterocycles. The lowest BCUT2D eigenvalue weighted by Gasteiger charge is -2.28. The minimum atomic E-state index is -1.08. The predicted molar refractivity (Wildman–Crippen MR) is 95.3 cm³/mol. The van der Waals surface area contributed by atoms with Gasteiger partial charge in [0.15, 0.2) is 5.92 Å². The molecule has 0 aliphatic heterocycles. The lowest BCUT2D eigenvalue weighted by atomic mass is 9.81. The molecule has 0 aromatic carbocycles. The molecule has 0 amide bonds. The molecule has 25 heavy (non-hydrogen) atoms. The van der Waals surface area contributed by atoms with Crippen molar-refractivity contribution < 1.29 is 19.1 Å². The average Bonchev–Trinajstić information content (AvgIpc) is 3.05. The fourth-order valence-corrected chi connectivity index (χ4v) is 3.86. The van der Waals surface area contributed by atoms with E-state index >= 15 is 0 Å². The second-order valence-electron chi connectivity index (χ2n) is 7.71. The van der Waals surface area contributed by atoms with E-state index in [1.165, 1.54) is 0 Å². The van der Waals surface area contributed by atoms with Crippen molar-refractivity contribution in [2.75, 3.05) is 13.2 Å². The van der Waals surface area contributed by atoms with Gasteiger partial charge < -0.3 is 9.47 Å². The third-order valence-corrected chi connectivity index (χ3v) is 5.35. The zero-order chi connectivity index (χ0) is 19.0. The van der Waals surface area contributed by atoms with Crippen LogP contribution in [0.15, 0.2) is 0 Å². The van der Waals surface area contributed by atoms with E-state index in [2.05, 4.69) is 27.7 Å². The molecule has 1 rings (SSSR count). The van der Waals surface area contributed by atoms with Crippen LogP contribution in [0.4, 0.5) is 0 Å². The van der Waals surface area contributed by atoms with Gasteiger partial charge in [-0.15, -0.1) is 0 Å². The Labute approximate surface area is 152 Å². The number of rotatable bonds is 9. The summed E-state index contributed by atoms with van der Waals surface area (Å²) in [6.07, 6.45) is 3.76. The van der Waals surface area contributed by atoms with Gasteiger partial charge in [0.25, 0.3) is 0 Å². The van der Waals surface area contributed by atoms with Crippen LogP contribution in [-0.2, 0) is 19.1 Å². The van der Waals surface area contributed by atoms with Crippen molar-refractivity contribution in [3.8, 4) is 6.07 Å². The molecule has 2 atom stereocenters. The second-order valence-corrected chi connectivity index (χ2v) is 7.71. The lowest BCUT2D eigenvalue weighted by molar-refractivity contribution is -0.162. The highest BCUT2D eigenvalue weighted by Crippen LogP contribution is 2.37. The van der Waals surface area contributed by atoms with Gasteiger partial charge in [-0.25, -0.2) is 0 Å². The molecule has 1 saturated carbocycles. The topological polar surface area (TPSA) is 76.4 Å². The van der Waals surface area contributed by atoms with Gasteiger partial charge in [0, 0.05) is 0 Å². The second kappa shape index (κ2) is 10.4. The van der Waals surface area contributed by atoms with Gasteiger partial charge in [-0.3, -0.25) is 9.59 Å². The number of hydrogen-bond donors (Lipinski definition) is 0. The van der Waals surface area contributed by atoms with Gasteiger partial charge >= 0.3 is 11.9 Å². The number of nitriles is 1. The first-order valence-electron chi connectivity index (χ1n) is 9.56. The van der Waals surface area contributed by atoms with Crippen LogP contribution in [0.25, 0.3) is 0 Å². The van der Waals surface area contributed by atoms with Crippen LogP contribution in [-0.4, -0.2) is 25.2 Å². The van der Waals surface area contributed by atoms with Crippen molar-refractivity contribution in [2.24, 2.45) is 35.5 Å². The number of nitrogens with zero attached hydrogens (tertiary/aromatic N) is 1. The van der Waals surface area contributed by atoms with Crippen LogP contribution in [0.3, 0.4) is 0 Å². The maximum atomic E-state index is 12.8. The third-order valence-electron chi connectivity index (χ3n) is 5.35. The first kappa shape index (κ1) is 21.5. The smallest absolute Gasteiger partial charge is 0.324 e. The van der Waals surface area contributed by atoms with E-state index in [0.717, 1.165) is 25.7 Å². The molecular formula is C20H33NO4. The molecule has 0 aromatic rings. The van der Waals surface area contributed by atoms with Gasteiger partial charge in [-0.2, -0.15) is 5.26 Å². The monoisotopic (exact) mass is 351 g/mol. The van der Waals surface area contributed by atoms with Gasteiger partial charge in [-0.1, -0.05) is 40.5 Å². The molecule has 2 unspecified atom stereocenters. The van der Waals surface area contributed by atoms with Crippen molar-refractivity contribution in [3.63, 3.8) is 0 Å². The minimum Gasteiger partial charge on any atom is -0.465 e. The molecule has 142 valence electrons. The molecule has 0 bridgehead atoms. The van der Waals surface area contributed by atoms with Gasteiger partial charge in [0.1, 0.15) is 0 Å². The maximum absolute atomic E-state index is 12.8. The summed E-state index contributed by atoms with van der Waals surface area (Å²) in [4.78, 5) is 25.0. The molecule has 1 fully saturated rings. The lowest BCUT2D eigenvalue weighted by Crippen LogP contribution is -2.37. The molecule has 5 heteroatoms. The maximum Gasteiger partial charge on any atom is 0.324 e. The summed E-state index contributed by atoms with van der Waals surface area (Å²) >= 11 is 0. The summed E-state index contributed by atoms with van der Waals surface area (Å²) in [6, 6.07) is 2.00. The van der Waals surface area contributed by atoms with Crippen LogP contribution in [0.1, 0.15) is 60.3 Å². The Hall–Kier alpha value is -1.57. The van der Waals surface area contributed by atoms with E-state index in [9.17, 15) is 14.9 Å². The fourth-order valence-electron chi connectivity index (χ4n) is 3.86. The Morgan fingerprint density at radius 2 is 1.60 bits per heavy atom. The van der Waals surface area contributed by atoms with Crippen LogP contribution < -0.4 is 0 Å². The Balaban J connectivity index is 2.89. The molecule has 5 nitrogen and oxygen atoms in total. The number of esters is 2. The number of carbonyl (C=O) groups is 2. The van der Waals surface area contributed by atoms with Crippen LogP contribution >= 0.6 is 0 Å². The molecule has 0 radical (unpaired) electrons. The summed E-state index contributed by atoms with van der Waals surface area (Å²) in [5, 5.41) is 9.50. The first-order valence-corrected chi connectivity index (χ1v) is 9.56.